The first-order valence-corrected chi connectivity index (χ1v) is 6.74. The second-order valence-corrected chi connectivity index (χ2v) is 5.63. The Kier molecular flexibility index (Phi) is 3.95. The number of hydrogen-bond donors (Lipinski definition) is 1. The summed E-state index contributed by atoms with van der Waals surface area (Å²) in [6.45, 7) is 3.31. The molecule has 2 N–H and O–H groups in total. The molecule has 1 aliphatic carbocycles. The van der Waals surface area contributed by atoms with Crippen LogP contribution >= 0.6 is 24.6 Å². The molecule has 1 heterocycles. The van der Waals surface area contributed by atoms with E-state index in [1.807, 2.05) is 0 Å². The Morgan fingerprint density at radius 2 is 1.94 bits per heavy atom. The minimum atomic E-state index is 0. The van der Waals surface area contributed by atoms with E-state index in [4.69, 9.17) is 18.0 Å². The van der Waals surface area contributed by atoms with Crippen LogP contribution in [0.1, 0.15) is 43.0 Å². The standard InChI is InChI=1S/C14H18N2S.ClH/c1-9-6-7-16(14(9)17)13-8-12(15)10-4-2-3-5-11(10)13;/h2-5,9,12-13H,6-8,15H2,1H3;1H/t9?,12-,13-;/m1./s1. The Bertz CT molecular complexity index is 463. The quantitative estimate of drug-likeness (QED) is 0.802. The van der Waals surface area contributed by atoms with Crippen LogP contribution in [0.15, 0.2) is 24.3 Å². The highest BCUT2D eigenvalue weighted by molar-refractivity contribution is 7.80. The first-order valence-electron chi connectivity index (χ1n) is 6.33. The second-order valence-electron chi connectivity index (χ2n) is 5.21. The molecule has 1 saturated heterocycles. The minimum absolute atomic E-state index is 0. The lowest BCUT2D eigenvalue weighted by Crippen LogP contribution is -2.29. The second kappa shape index (κ2) is 5.16. The summed E-state index contributed by atoms with van der Waals surface area (Å²) in [4.78, 5) is 3.52. The van der Waals surface area contributed by atoms with Crippen molar-refractivity contribution in [1.29, 1.82) is 0 Å². The molecule has 0 radical (unpaired) electrons. The number of hydrogen-bond acceptors (Lipinski definition) is 2. The van der Waals surface area contributed by atoms with Crippen molar-refractivity contribution in [2.24, 2.45) is 11.7 Å². The molecule has 1 aliphatic heterocycles. The fraction of sp³-hybridized carbons (Fsp3) is 0.500. The molecule has 18 heavy (non-hydrogen) atoms. The minimum Gasteiger partial charge on any atom is -0.359 e. The molecule has 1 aromatic rings. The van der Waals surface area contributed by atoms with E-state index < -0.39 is 0 Å². The normalized spacial score (nSPS) is 30.2. The SMILES string of the molecule is CC1CCN([C@@H]2C[C@@H](N)c3ccccc32)C1=S.Cl. The van der Waals surface area contributed by atoms with Crippen molar-refractivity contribution >= 4 is 29.6 Å². The number of fused-ring (bicyclic) bond motifs is 1. The first-order chi connectivity index (χ1) is 8.18. The number of thiocarbonyl (C=S) groups is 1. The van der Waals surface area contributed by atoms with E-state index in [9.17, 15) is 0 Å². The number of halogens is 1. The molecule has 4 heteroatoms. The summed E-state index contributed by atoms with van der Waals surface area (Å²) < 4.78 is 0. The smallest absolute Gasteiger partial charge is 0.0813 e. The van der Waals surface area contributed by atoms with Gasteiger partial charge in [0, 0.05) is 18.5 Å². The summed E-state index contributed by atoms with van der Waals surface area (Å²) in [6.07, 6.45) is 2.19. The van der Waals surface area contributed by atoms with Gasteiger partial charge < -0.3 is 10.6 Å². The predicted octanol–water partition coefficient (Wildman–Crippen LogP) is 3.22. The number of nitrogens with zero attached hydrogens (tertiary/aromatic N) is 1. The highest BCUT2D eigenvalue weighted by atomic mass is 35.5. The van der Waals surface area contributed by atoms with Crippen LogP contribution in [0.5, 0.6) is 0 Å². The van der Waals surface area contributed by atoms with Gasteiger partial charge in [0.2, 0.25) is 0 Å². The zero-order chi connectivity index (χ0) is 12.0. The topological polar surface area (TPSA) is 29.3 Å². The van der Waals surface area contributed by atoms with Gasteiger partial charge in [-0.15, -0.1) is 12.4 Å². The highest BCUT2D eigenvalue weighted by Gasteiger charge is 2.37. The van der Waals surface area contributed by atoms with Gasteiger partial charge in [0.25, 0.3) is 0 Å². The first kappa shape index (κ1) is 13.8. The molecule has 0 aromatic heterocycles. The zero-order valence-corrected chi connectivity index (χ0v) is 12.1. The number of rotatable bonds is 1. The molecular formula is C14H19ClN2S. The number of benzene rings is 1. The Morgan fingerprint density at radius 1 is 1.28 bits per heavy atom. The van der Waals surface area contributed by atoms with Crippen LogP contribution in [0, 0.1) is 5.92 Å². The van der Waals surface area contributed by atoms with E-state index in [0.717, 1.165) is 18.0 Å². The van der Waals surface area contributed by atoms with Gasteiger partial charge >= 0.3 is 0 Å². The van der Waals surface area contributed by atoms with Gasteiger partial charge in [-0.2, -0.15) is 0 Å². The molecule has 2 nitrogen and oxygen atoms in total. The summed E-state index contributed by atoms with van der Waals surface area (Å²) in [5.74, 6) is 0.550. The fourth-order valence-corrected chi connectivity index (χ4v) is 3.44. The summed E-state index contributed by atoms with van der Waals surface area (Å²) in [6, 6.07) is 9.13. The van der Waals surface area contributed by atoms with E-state index >= 15 is 0 Å². The lowest BCUT2D eigenvalue weighted by molar-refractivity contribution is 0.332. The maximum absolute atomic E-state index is 6.21. The Labute approximate surface area is 120 Å². The van der Waals surface area contributed by atoms with E-state index in [2.05, 4.69) is 36.1 Å². The van der Waals surface area contributed by atoms with E-state index in [1.165, 1.54) is 17.5 Å². The predicted molar refractivity (Wildman–Crippen MR) is 81.1 cm³/mol. The summed E-state index contributed by atoms with van der Waals surface area (Å²) in [5.41, 5.74) is 8.91. The average Bonchev–Trinajstić information content (AvgIpc) is 2.83. The Morgan fingerprint density at radius 3 is 2.56 bits per heavy atom. The summed E-state index contributed by atoms with van der Waals surface area (Å²) in [5, 5.41) is 0. The van der Waals surface area contributed by atoms with Gasteiger partial charge in [-0.3, -0.25) is 0 Å². The Balaban J connectivity index is 0.00000120. The largest absolute Gasteiger partial charge is 0.359 e. The molecule has 2 aliphatic rings. The van der Waals surface area contributed by atoms with Crippen molar-refractivity contribution in [3.8, 4) is 0 Å². The van der Waals surface area contributed by atoms with Crippen LogP contribution in [0.3, 0.4) is 0 Å². The van der Waals surface area contributed by atoms with E-state index in [1.54, 1.807) is 0 Å². The average molecular weight is 283 g/mol. The molecule has 0 bridgehead atoms. The van der Waals surface area contributed by atoms with Crippen molar-refractivity contribution in [1.82, 2.24) is 4.90 Å². The maximum atomic E-state index is 6.21. The van der Waals surface area contributed by atoms with Crippen LogP contribution in [-0.4, -0.2) is 16.4 Å². The maximum Gasteiger partial charge on any atom is 0.0813 e. The molecule has 0 spiro atoms. The molecule has 3 atom stereocenters. The molecule has 0 amide bonds. The molecule has 1 aromatic carbocycles. The molecule has 0 saturated carbocycles. The fourth-order valence-electron chi connectivity index (χ4n) is 3.10. The third kappa shape index (κ3) is 2.04. The van der Waals surface area contributed by atoms with Crippen LogP contribution in [0.2, 0.25) is 0 Å². The number of nitrogens with two attached hydrogens (primary N) is 1. The van der Waals surface area contributed by atoms with Crippen molar-refractivity contribution in [3.05, 3.63) is 35.4 Å². The molecule has 98 valence electrons. The van der Waals surface area contributed by atoms with Gasteiger partial charge in [-0.05, 0) is 24.0 Å². The highest BCUT2D eigenvalue weighted by Crippen LogP contribution is 2.43. The monoisotopic (exact) mass is 282 g/mol. The van der Waals surface area contributed by atoms with Crippen LogP contribution in [0.4, 0.5) is 0 Å². The van der Waals surface area contributed by atoms with Crippen LogP contribution < -0.4 is 5.73 Å². The zero-order valence-electron chi connectivity index (χ0n) is 10.5. The van der Waals surface area contributed by atoms with Crippen LogP contribution in [0.25, 0.3) is 0 Å². The molecule has 3 rings (SSSR count). The van der Waals surface area contributed by atoms with Crippen molar-refractivity contribution in [2.45, 2.75) is 31.8 Å². The third-order valence-electron chi connectivity index (χ3n) is 4.12. The summed E-state index contributed by atoms with van der Waals surface area (Å²) >= 11 is 5.55. The van der Waals surface area contributed by atoms with Crippen molar-refractivity contribution in [3.63, 3.8) is 0 Å². The van der Waals surface area contributed by atoms with Crippen LogP contribution in [-0.2, 0) is 0 Å². The van der Waals surface area contributed by atoms with E-state index in [-0.39, 0.29) is 18.4 Å². The van der Waals surface area contributed by atoms with Gasteiger partial charge in [-0.1, -0.05) is 43.4 Å². The third-order valence-corrected chi connectivity index (χ3v) is 4.75. The van der Waals surface area contributed by atoms with Crippen molar-refractivity contribution in [2.75, 3.05) is 6.54 Å². The lowest BCUT2D eigenvalue weighted by atomic mass is 10.1. The van der Waals surface area contributed by atoms with Gasteiger partial charge in [0.15, 0.2) is 0 Å². The van der Waals surface area contributed by atoms with Crippen molar-refractivity contribution < 1.29 is 0 Å². The lowest BCUT2D eigenvalue weighted by Gasteiger charge is -2.27. The molecule has 1 fully saturated rings. The Hall–Kier alpha value is -0.640. The molecular weight excluding hydrogens is 264 g/mol. The van der Waals surface area contributed by atoms with Gasteiger partial charge in [0.05, 0.1) is 11.0 Å². The summed E-state index contributed by atoms with van der Waals surface area (Å²) in [7, 11) is 0. The number of likely N-dealkylation sites (tertiary alicyclic amines) is 1. The van der Waals surface area contributed by atoms with E-state index in [0.29, 0.717) is 12.0 Å². The van der Waals surface area contributed by atoms with Gasteiger partial charge in [0.1, 0.15) is 0 Å². The molecule has 1 unspecified atom stereocenters. The van der Waals surface area contributed by atoms with Gasteiger partial charge in [-0.25, -0.2) is 0 Å².